The zero-order valence-electron chi connectivity index (χ0n) is 10.2. The fraction of sp³-hybridized carbons (Fsp3) is 0.333. The summed E-state index contributed by atoms with van der Waals surface area (Å²) in [5.74, 6) is -0.134. The summed E-state index contributed by atoms with van der Waals surface area (Å²) in [7, 11) is 1.89. The highest BCUT2D eigenvalue weighted by molar-refractivity contribution is 7.13. The summed E-state index contributed by atoms with van der Waals surface area (Å²) in [6.45, 7) is 1.54. The minimum Gasteiger partial charge on any atom is -0.351 e. The van der Waals surface area contributed by atoms with Crippen molar-refractivity contribution in [1.29, 1.82) is 0 Å². The number of aromatic nitrogens is 2. The zero-order valence-corrected chi connectivity index (χ0v) is 11.0. The van der Waals surface area contributed by atoms with Crippen LogP contribution in [0.4, 0.5) is 0 Å². The monoisotopic (exact) mass is 264 g/mol. The lowest BCUT2D eigenvalue weighted by Crippen LogP contribution is -2.26. The van der Waals surface area contributed by atoms with E-state index in [9.17, 15) is 4.79 Å². The van der Waals surface area contributed by atoms with Crippen molar-refractivity contribution in [1.82, 2.24) is 20.8 Å². The topological polar surface area (TPSA) is 69.8 Å². The summed E-state index contributed by atoms with van der Waals surface area (Å²) in [5.41, 5.74) is 1.31. The van der Waals surface area contributed by atoms with Gasteiger partial charge in [-0.3, -0.25) is 9.89 Å². The Labute approximate surface area is 110 Å². The molecule has 5 nitrogen and oxygen atoms in total. The molecular weight excluding hydrogens is 248 g/mol. The molecule has 2 aromatic heterocycles. The predicted molar refractivity (Wildman–Crippen MR) is 72.8 cm³/mol. The molecule has 0 aliphatic rings. The van der Waals surface area contributed by atoms with Gasteiger partial charge in [0.2, 0.25) is 0 Å². The first-order chi connectivity index (χ1) is 8.81. The molecule has 0 saturated carbocycles. The minimum atomic E-state index is -0.134. The maximum atomic E-state index is 11.8. The van der Waals surface area contributed by atoms with Gasteiger partial charge < -0.3 is 10.6 Å². The van der Waals surface area contributed by atoms with E-state index in [2.05, 4.69) is 20.8 Å². The number of hydrogen-bond donors (Lipinski definition) is 3. The molecule has 0 aliphatic carbocycles. The molecule has 0 aromatic carbocycles. The summed E-state index contributed by atoms with van der Waals surface area (Å²) in [6, 6.07) is 5.74. The summed E-state index contributed by atoms with van der Waals surface area (Å²) >= 11 is 1.61. The van der Waals surface area contributed by atoms with Gasteiger partial charge in [-0.1, -0.05) is 6.07 Å². The molecule has 18 heavy (non-hydrogen) atoms. The number of nitrogens with one attached hydrogen (secondary N) is 3. The lowest BCUT2D eigenvalue weighted by molar-refractivity contribution is 0.0948. The highest BCUT2D eigenvalue weighted by atomic mass is 32.1. The number of H-pyrrole nitrogens is 1. The fourth-order valence-electron chi connectivity index (χ4n) is 1.55. The molecule has 0 fully saturated rings. The Morgan fingerprint density at radius 1 is 1.50 bits per heavy atom. The largest absolute Gasteiger partial charge is 0.351 e. The van der Waals surface area contributed by atoms with E-state index in [-0.39, 0.29) is 5.91 Å². The van der Waals surface area contributed by atoms with Crippen LogP contribution in [0.25, 0.3) is 10.6 Å². The average molecular weight is 264 g/mol. The summed E-state index contributed by atoms with van der Waals surface area (Å²) < 4.78 is 0. The Bertz CT molecular complexity index is 492. The van der Waals surface area contributed by atoms with E-state index in [4.69, 9.17) is 0 Å². The SMILES string of the molecule is CNCCCNC(=O)c1cc(-c2cccs2)[nH]n1. The van der Waals surface area contributed by atoms with E-state index in [1.807, 2.05) is 24.6 Å². The Hall–Kier alpha value is -1.66. The van der Waals surface area contributed by atoms with E-state index in [1.54, 1.807) is 17.4 Å². The van der Waals surface area contributed by atoms with Crippen molar-refractivity contribution in [2.75, 3.05) is 20.1 Å². The van der Waals surface area contributed by atoms with Crippen LogP contribution in [0.5, 0.6) is 0 Å². The molecule has 2 rings (SSSR count). The van der Waals surface area contributed by atoms with Crippen LogP contribution in [0.3, 0.4) is 0 Å². The smallest absolute Gasteiger partial charge is 0.271 e. The predicted octanol–water partition coefficient (Wildman–Crippen LogP) is 1.48. The quantitative estimate of drug-likeness (QED) is 0.692. The molecule has 2 aromatic rings. The second-order valence-corrected chi connectivity index (χ2v) is 4.80. The van der Waals surface area contributed by atoms with Gasteiger partial charge in [0, 0.05) is 6.54 Å². The number of thiophene rings is 1. The van der Waals surface area contributed by atoms with Gasteiger partial charge in [-0.15, -0.1) is 11.3 Å². The molecular formula is C12H16N4OS. The van der Waals surface area contributed by atoms with Gasteiger partial charge in [-0.05, 0) is 37.5 Å². The van der Waals surface area contributed by atoms with Crippen molar-refractivity contribution in [2.24, 2.45) is 0 Å². The first-order valence-corrected chi connectivity index (χ1v) is 6.71. The lowest BCUT2D eigenvalue weighted by Gasteiger charge is -2.01. The highest BCUT2D eigenvalue weighted by Gasteiger charge is 2.10. The Kier molecular flexibility index (Phi) is 4.49. The molecule has 1 amide bonds. The zero-order chi connectivity index (χ0) is 12.8. The molecule has 96 valence electrons. The fourth-order valence-corrected chi connectivity index (χ4v) is 2.25. The first kappa shape index (κ1) is 12.8. The van der Waals surface area contributed by atoms with Crippen molar-refractivity contribution in [2.45, 2.75) is 6.42 Å². The molecule has 0 aliphatic heterocycles. The van der Waals surface area contributed by atoms with Gasteiger partial charge in [0.15, 0.2) is 5.69 Å². The number of nitrogens with zero attached hydrogens (tertiary/aromatic N) is 1. The second kappa shape index (κ2) is 6.32. The van der Waals surface area contributed by atoms with Crippen LogP contribution in [-0.4, -0.2) is 36.2 Å². The molecule has 6 heteroatoms. The van der Waals surface area contributed by atoms with Gasteiger partial charge in [0.05, 0.1) is 10.6 Å². The number of carbonyl (C=O) groups excluding carboxylic acids is 1. The number of amides is 1. The molecule has 0 bridgehead atoms. The summed E-state index contributed by atoms with van der Waals surface area (Å²) in [4.78, 5) is 12.9. The number of aromatic amines is 1. The summed E-state index contributed by atoms with van der Waals surface area (Å²) in [5, 5.41) is 14.8. The van der Waals surface area contributed by atoms with Crippen molar-refractivity contribution >= 4 is 17.2 Å². The van der Waals surface area contributed by atoms with Gasteiger partial charge >= 0.3 is 0 Å². The Balaban J connectivity index is 1.91. The van der Waals surface area contributed by atoms with Gasteiger partial charge in [0.1, 0.15) is 0 Å². The van der Waals surface area contributed by atoms with Crippen LogP contribution in [0.15, 0.2) is 23.6 Å². The van der Waals surface area contributed by atoms with Crippen LogP contribution >= 0.6 is 11.3 Å². The van der Waals surface area contributed by atoms with Crippen LogP contribution in [0.1, 0.15) is 16.9 Å². The van der Waals surface area contributed by atoms with Gasteiger partial charge in [0.25, 0.3) is 5.91 Å². The van der Waals surface area contributed by atoms with Crippen molar-refractivity contribution < 1.29 is 4.79 Å². The third-order valence-corrected chi connectivity index (χ3v) is 3.39. The molecule has 0 unspecified atom stereocenters. The van der Waals surface area contributed by atoms with Gasteiger partial charge in [-0.25, -0.2) is 0 Å². The van der Waals surface area contributed by atoms with E-state index < -0.39 is 0 Å². The highest BCUT2D eigenvalue weighted by Crippen LogP contribution is 2.22. The Morgan fingerprint density at radius 3 is 3.11 bits per heavy atom. The van der Waals surface area contributed by atoms with Crippen LogP contribution < -0.4 is 10.6 Å². The summed E-state index contributed by atoms with van der Waals surface area (Å²) in [6.07, 6.45) is 0.907. The maximum absolute atomic E-state index is 11.8. The number of hydrogen-bond acceptors (Lipinski definition) is 4. The molecule has 0 spiro atoms. The van der Waals surface area contributed by atoms with E-state index in [0.717, 1.165) is 23.5 Å². The van der Waals surface area contributed by atoms with Crippen LogP contribution in [0.2, 0.25) is 0 Å². The molecule has 3 N–H and O–H groups in total. The third kappa shape index (κ3) is 3.18. The Morgan fingerprint density at radius 2 is 2.39 bits per heavy atom. The number of carbonyl (C=O) groups is 1. The van der Waals surface area contributed by atoms with Gasteiger partial charge in [-0.2, -0.15) is 5.10 Å². The normalized spacial score (nSPS) is 10.5. The third-order valence-electron chi connectivity index (χ3n) is 2.49. The van der Waals surface area contributed by atoms with Crippen molar-refractivity contribution in [3.63, 3.8) is 0 Å². The van der Waals surface area contributed by atoms with Crippen molar-refractivity contribution in [3.05, 3.63) is 29.3 Å². The van der Waals surface area contributed by atoms with Crippen molar-refractivity contribution in [3.8, 4) is 10.6 Å². The van der Waals surface area contributed by atoms with E-state index in [1.165, 1.54) is 0 Å². The maximum Gasteiger partial charge on any atom is 0.271 e. The minimum absolute atomic E-state index is 0.134. The molecule has 0 atom stereocenters. The second-order valence-electron chi connectivity index (χ2n) is 3.86. The number of rotatable bonds is 6. The molecule has 0 radical (unpaired) electrons. The van der Waals surface area contributed by atoms with Crippen LogP contribution in [-0.2, 0) is 0 Å². The van der Waals surface area contributed by atoms with Crippen LogP contribution in [0, 0.1) is 0 Å². The molecule has 2 heterocycles. The standard InChI is InChI=1S/C12H16N4OS/c1-13-5-3-6-14-12(17)10-8-9(15-16-10)11-4-2-7-18-11/h2,4,7-8,13H,3,5-6H2,1H3,(H,14,17)(H,15,16). The lowest BCUT2D eigenvalue weighted by atomic mass is 10.3. The first-order valence-electron chi connectivity index (χ1n) is 5.83. The average Bonchev–Trinajstić information content (AvgIpc) is 3.03. The molecule has 0 saturated heterocycles. The van der Waals surface area contributed by atoms with E-state index in [0.29, 0.717) is 12.2 Å². The van der Waals surface area contributed by atoms with E-state index >= 15 is 0 Å².